The third-order valence-electron chi connectivity index (χ3n) is 3.43. The predicted molar refractivity (Wildman–Crippen MR) is 72.9 cm³/mol. The minimum absolute atomic E-state index is 0.0368. The van der Waals surface area contributed by atoms with E-state index in [0.717, 1.165) is 0 Å². The summed E-state index contributed by atoms with van der Waals surface area (Å²) in [5.74, 6) is 0.286. The van der Waals surface area contributed by atoms with Gasteiger partial charge in [-0.2, -0.15) is 0 Å². The van der Waals surface area contributed by atoms with Crippen molar-refractivity contribution < 1.29 is 19.4 Å². The van der Waals surface area contributed by atoms with E-state index < -0.39 is 12.2 Å². The highest BCUT2D eigenvalue weighted by Crippen LogP contribution is 2.19. The van der Waals surface area contributed by atoms with Gasteiger partial charge < -0.3 is 14.6 Å². The molecule has 0 spiro atoms. The van der Waals surface area contributed by atoms with Gasteiger partial charge >= 0.3 is 0 Å². The monoisotopic (exact) mass is 268 g/mol. The van der Waals surface area contributed by atoms with Gasteiger partial charge in [0.1, 0.15) is 6.26 Å². The van der Waals surface area contributed by atoms with E-state index in [1.165, 1.54) is 12.5 Å². The number of Topliss-reactive ketones (excluding diaryl/α,β-unsaturated/α-hetero) is 1. The number of aliphatic hydroxyl groups is 2. The van der Waals surface area contributed by atoms with Crippen LogP contribution in [0, 0.1) is 11.8 Å². The van der Waals surface area contributed by atoms with Crippen LogP contribution in [0.2, 0.25) is 0 Å². The SMILES string of the molecule is CC(C)[C@H](O)[C@@H](O)C[C@H](C)CCC(=O)c1ccoc1. The summed E-state index contributed by atoms with van der Waals surface area (Å²) in [6, 6.07) is 1.66. The van der Waals surface area contributed by atoms with Crippen LogP contribution in [-0.2, 0) is 0 Å². The first-order valence-corrected chi connectivity index (χ1v) is 6.83. The summed E-state index contributed by atoms with van der Waals surface area (Å²) in [6.07, 6.45) is 3.16. The van der Waals surface area contributed by atoms with E-state index in [1.54, 1.807) is 6.07 Å². The molecule has 3 atom stereocenters. The lowest BCUT2D eigenvalue weighted by molar-refractivity contribution is -0.0196. The van der Waals surface area contributed by atoms with Crippen LogP contribution in [0.3, 0.4) is 0 Å². The van der Waals surface area contributed by atoms with Crippen molar-refractivity contribution in [2.24, 2.45) is 11.8 Å². The summed E-state index contributed by atoms with van der Waals surface area (Å²) in [5, 5.41) is 19.6. The van der Waals surface area contributed by atoms with Gasteiger partial charge in [-0.3, -0.25) is 4.79 Å². The van der Waals surface area contributed by atoms with Crippen LogP contribution in [0.5, 0.6) is 0 Å². The van der Waals surface area contributed by atoms with E-state index in [4.69, 9.17) is 4.42 Å². The third-order valence-corrected chi connectivity index (χ3v) is 3.43. The van der Waals surface area contributed by atoms with Crippen LogP contribution >= 0.6 is 0 Å². The Balaban J connectivity index is 2.32. The molecule has 0 radical (unpaired) electrons. The Morgan fingerprint density at radius 3 is 2.53 bits per heavy atom. The third kappa shape index (κ3) is 5.17. The first-order valence-electron chi connectivity index (χ1n) is 6.83. The molecule has 0 amide bonds. The summed E-state index contributed by atoms with van der Waals surface area (Å²) < 4.78 is 4.87. The number of rotatable bonds is 8. The summed E-state index contributed by atoms with van der Waals surface area (Å²) in [4.78, 5) is 11.8. The van der Waals surface area contributed by atoms with E-state index in [1.807, 2.05) is 20.8 Å². The quantitative estimate of drug-likeness (QED) is 0.711. The molecule has 0 saturated heterocycles. The molecule has 19 heavy (non-hydrogen) atoms. The van der Waals surface area contributed by atoms with Gasteiger partial charge in [-0.25, -0.2) is 0 Å². The van der Waals surface area contributed by atoms with Gasteiger partial charge in [-0.1, -0.05) is 20.8 Å². The first kappa shape index (κ1) is 15.9. The molecule has 4 nitrogen and oxygen atoms in total. The van der Waals surface area contributed by atoms with Gasteiger partial charge in [0.15, 0.2) is 5.78 Å². The van der Waals surface area contributed by atoms with Crippen LogP contribution in [0.4, 0.5) is 0 Å². The number of carbonyl (C=O) groups excluding carboxylic acids is 1. The molecule has 1 aromatic rings. The predicted octanol–water partition coefficient (Wildman–Crippen LogP) is 2.65. The van der Waals surface area contributed by atoms with Crippen LogP contribution in [-0.4, -0.2) is 28.2 Å². The van der Waals surface area contributed by atoms with Crippen molar-refractivity contribution in [1.82, 2.24) is 0 Å². The van der Waals surface area contributed by atoms with Crippen molar-refractivity contribution in [2.45, 2.75) is 52.2 Å². The second-order valence-electron chi connectivity index (χ2n) is 5.62. The van der Waals surface area contributed by atoms with E-state index in [2.05, 4.69) is 0 Å². The second kappa shape index (κ2) is 7.46. The molecule has 0 aliphatic heterocycles. The topological polar surface area (TPSA) is 70.7 Å². The fourth-order valence-corrected chi connectivity index (χ4v) is 2.06. The standard InChI is InChI=1S/C15H24O4/c1-10(2)15(18)14(17)8-11(3)4-5-13(16)12-6-7-19-9-12/h6-7,9-11,14-15,17-18H,4-5,8H2,1-3H3/t11-,14+,15+/m1/s1. The Morgan fingerprint density at radius 2 is 2.00 bits per heavy atom. The highest BCUT2D eigenvalue weighted by molar-refractivity contribution is 5.95. The van der Waals surface area contributed by atoms with Gasteiger partial charge in [-0.05, 0) is 30.7 Å². The largest absolute Gasteiger partial charge is 0.472 e. The van der Waals surface area contributed by atoms with Crippen molar-refractivity contribution in [1.29, 1.82) is 0 Å². The molecule has 0 unspecified atom stereocenters. The second-order valence-corrected chi connectivity index (χ2v) is 5.62. The van der Waals surface area contributed by atoms with E-state index in [0.29, 0.717) is 24.8 Å². The normalized spacial score (nSPS) is 16.3. The van der Waals surface area contributed by atoms with Gasteiger partial charge in [0, 0.05) is 6.42 Å². The van der Waals surface area contributed by atoms with Gasteiger partial charge in [0.2, 0.25) is 0 Å². The maximum Gasteiger partial charge on any atom is 0.166 e. The Morgan fingerprint density at radius 1 is 1.32 bits per heavy atom. The maximum absolute atomic E-state index is 11.8. The fourth-order valence-electron chi connectivity index (χ4n) is 2.06. The van der Waals surface area contributed by atoms with Gasteiger partial charge in [0.05, 0.1) is 24.0 Å². The number of hydrogen-bond acceptors (Lipinski definition) is 4. The Hall–Kier alpha value is -1.13. The molecular weight excluding hydrogens is 244 g/mol. The summed E-state index contributed by atoms with van der Waals surface area (Å²) in [7, 11) is 0. The van der Waals surface area contributed by atoms with E-state index in [9.17, 15) is 15.0 Å². The summed E-state index contributed by atoms with van der Waals surface area (Å²) in [6.45, 7) is 5.74. The minimum Gasteiger partial charge on any atom is -0.472 e. The van der Waals surface area contributed by atoms with Gasteiger partial charge in [-0.15, -0.1) is 0 Å². The average Bonchev–Trinajstić information content (AvgIpc) is 2.88. The van der Waals surface area contributed by atoms with Crippen LogP contribution in [0.25, 0.3) is 0 Å². The van der Waals surface area contributed by atoms with Crippen LogP contribution in [0.1, 0.15) is 50.4 Å². The molecule has 1 rings (SSSR count). The summed E-state index contributed by atoms with van der Waals surface area (Å²) >= 11 is 0. The van der Waals surface area contributed by atoms with Crippen LogP contribution in [0.15, 0.2) is 23.0 Å². The molecule has 4 heteroatoms. The molecule has 0 bridgehead atoms. The van der Waals surface area contributed by atoms with Gasteiger partial charge in [0.25, 0.3) is 0 Å². The molecule has 1 aromatic heterocycles. The zero-order chi connectivity index (χ0) is 14.4. The van der Waals surface area contributed by atoms with Crippen LogP contribution < -0.4 is 0 Å². The Labute approximate surface area is 114 Å². The van der Waals surface area contributed by atoms with Crippen molar-refractivity contribution in [3.63, 3.8) is 0 Å². The number of ketones is 1. The molecule has 0 aliphatic rings. The number of hydrogen-bond donors (Lipinski definition) is 2. The number of carbonyl (C=O) groups is 1. The van der Waals surface area contributed by atoms with E-state index >= 15 is 0 Å². The number of furan rings is 1. The lowest BCUT2D eigenvalue weighted by Gasteiger charge is -2.23. The zero-order valence-corrected chi connectivity index (χ0v) is 11.9. The lowest BCUT2D eigenvalue weighted by Crippen LogP contribution is -2.32. The van der Waals surface area contributed by atoms with Crippen molar-refractivity contribution in [3.8, 4) is 0 Å². The molecule has 0 aromatic carbocycles. The molecule has 1 heterocycles. The molecule has 0 aliphatic carbocycles. The molecule has 2 N–H and O–H groups in total. The van der Waals surface area contributed by atoms with Crippen molar-refractivity contribution in [3.05, 3.63) is 24.2 Å². The Bertz CT molecular complexity index is 370. The first-order chi connectivity index (χ1) is 8.91. The smallest absolute Gasteiger partial charge is 0.166 e. The molecule has 0 saturated carbocycles. The van der Waals surface area contributed by atoms with Crippen molar-refractivity contribution in [2.75, 3.05) is 0 Å². The van der Waals surface area contributed by atoms with Crippen molar-refractivity contribution >= 4 is 5.78 Å². The zero-order valence-electron chi connectivity index (χ0n) is 11.9. The summed E-state index contributed by atoms with van der Waals surface area (Å²) in [5.41, 5.74) is 0.593. The fraction of sp³-hybridized carbons (Fsp3) is 0.667. The Kier molecular flexibility index (Phi) is 6.25. The molecular formula is C15H24O4. The maximum atomic E-state index is 11.8. The average molecular weight is 268 g/mol. The number of aliphatic hydroxyl groups excluding tert-OH is 2. The highest BCUT2D eigenvalue weighted by atomic mass is 16.3. The molecule has 108 valence electrons. The molecule has 0 fully saturated rings. The lowest BCUT2D eigenvalue weighted by atomic mass is 9.91. The van der Waals surface area contributed by atoms with E-state index in [-0.39, 0.29) is 17.6 Å². The minimum atomic E-state index is -0.723. The highest BCUT2D eigenvalue weighted by Gasteiger charge is 2.22.